The lowest BCUT2D eigenvalue weighted by Gasteiger charge is -2.17. The summed E-state index contributed by atoms with van der Waals surface area (Å²) in [4.78, 5) is 4.28. The quantitative estimate of drug-likeness (QED) is 0.418. The highest BCUT2D eigenvalue weighted by Crippen LogP contribution is 2.03. The van der Waals surface area contributed by atoms with Crippen LogP contribution in [0.4, 0.5) is 0 Å². The number of aryl methyl sites for hydroxylation is 2. The van der Waals surface area contributed by atoms with Gasteiger partial charge in [-0.3, -0.25) is 9.67 Å². The SMILES string of the molecule is CCCCCC(C)NC(=NC)NCCCc1cnn(C)c1. The van der Waals surface area contributed by atoms with Crippen molar-refractivity contribution in [3.8, 4) is 0 Å². The average Bonchev–Trinajstić information content (AvgIpc) is 2.88. The van der Waals surface area contributed by atoms with Crippen molar-refractivity contribution in [2.24, 2.45) is 12.0 Å². The highest BCUT2D eigenvalue weighted by atomic mass is 15.2. The molecule has 1 atom stereocenters. The van der Waals surface area contributed by atoms with Crippen molar-refractivity contribution in [3.05, 3.63) is 18.0 Å². The standard InChI is InChI=1S/C16H31N5/c1-5-6-7-9-14(2)20-16(17-3)18-11-8-10-15-12-19-21(4)13-15/h12-14H,5-11H2,1-4H3,(H2,17,18,20). The van der Waals surface area contributed by atoms with Gasteiger partial charge in [-0.2, -0.15) is 5.10 Å². The van der Waals surface area contributed by atoms with E-state index < -0.39 is 0 Å². The molecule has 0 aromatic carbocycles. The van der Waals surface area contributed by atoms with Crippen LogP contribution in [0.5, 0.6) is 0 Å². The Morgan fingerprint density at radius 2 is 2.19 bits per heavy atom. The van der Waals surface area contributed by atoms with Crippen LogP contribution in [0, 0.1) is 0 Å². The van der Waals surface area contributed by atoms with E-state index in [0.717, 1.165) is 25.3 Å². The Morgan fingerprint density at radius 1 is 1.38 bits per heavy atom. The van der Waals surface area contributed by atoms with Crippen molar-refractivity contribution in [3.63, 3.8) is 0 Å². The van der Waals surface area contributed by atoms with Crippen LogP contribution < -0.4 is 10.6 Å². The van der Waals surface area contributed by atoms with E-state index in [-0.39, 0.29) is 0 Å². The van der Waals surface area contributed by atoms with Crippen LogP contribution in [0.15, 0.2) is 17.4 Å². The minimum absolute atomic E-state index is 0.473. The zero-order chi connectivity index (χ0) is 15.5. The highest BCUT2D eigenvalue weighted by molar-refractivity contribution is 5.79. The molecule has 0 aliphatic carbocycles. The highest BCUT2D eigenvalue weighted by Gasteiger charge is 2.04. The maximum atomic E-state index is 4.28. The minimum atomic E-state index is 0.473. The minimum Gasteiger partial charge on any atom is -0.356 e. The molecule has 5 nitrogen and oxygen atoms in total. The van der Waals surface area contributed by atoms with Gasteiger partial charge in [-0.25, -0.2) is 0 Å². The Bertz CT molecular complexity index is 411. The molecule has 0 aliphatic rings. The molecule has 0 aliphatic heterocycles. The normalized spacial score (nSPS) is 13.2. The summed E-state index contributed by atoms with van der Waals surface area (Å²) >= 11 is 0. The van der Waals surface area contributed by atoms with Crippen LogP contribution in [0.1, 0.15) is 51.5 Å². The van der Waals surface area contributed by atoms with Gasteiger partial charge in [0.05, 0.1) is 6.20 Å². The Hall–Kier alpha value is -1.52. The molecular formula is C16H31N5. The number of unbranched alkanes of at least 4 members (excludes halogenated alkanes) is 2. The van der Waals surface area contributed by atoms with Crippen molar-refractivity contribution >= 4 is 5.96 Å². The molecule has 2 N–H and O–H groups in total. The summed E-state index contributed by atoms with van der Waals surface area (Å²) in [5.74, 6) is 0.908. The van der Waals surface area contributed by atoms with Crippen LogP contribution in [0.25, 0.3) is 0 Å². The number of hydrogen-bond donors (Lipinski definition) is 2. The molecule has 1 aromatic heterocycles. The third-order valence-electron chi connectivity index (χ3n) is 3.54. The zero-order valence-electron chi connectivity index (χ0n) is 14.0. The molecule has 1 unspecified atom stereocenters. The van der Waals surface area contributed by atoms with E-state index in [0.29, 0.717) is 6.04 Å². The van der Waals surface area contributed by atoms with Gasteiger partial charge in [0.2, 0.25) is 0 Å². The van der Waals surface area contributed by atoms with E-state index in [1.807, 2.05) is 25.0 Å². The van der Waals surface area contributed by atoms with Crippen molar-refractivity contribution in [2.75, 3.05) is 13.6 Å². The third-order valence-corrected chi connectivity index (χ3v) is 3.54. The predicted molar refractivity (Wildman–Crippen MR) is 89.6 cm³/mol. The fourth-order valence-corrected chi connectivity index (χ4v) is 2.30. The van der Waals surface area contributed by atoms with Gasteiger partial charge in [0.15, 0.2) is 5.96 Å². The maximum absolute atomic E-state index is 4.28. The number of nitrogens with one attached hydrogen (secondary N) is 2. The molecule has 0 fully saturated rings. The summed E-state index contributed by atoms with van der Waals surface area (Å²) in [5, 5.41) is 11.0. The summed E-state index contributed by atoms with van der Waals surface area (Å²) in [6.45, 7) is 5.38. The lowest BCUT2D eigenvalue weighted by Crippen LogP contribution is -2.42. The van der Waals surface area contributed by atoms with E-state index in [1.165, 1.54) is 31.2 Å². The van der Waals surface area contributed by atoms with Gasteiger partial charge in [-0.1, -0.05) is 26.2 Å². The summed E-state index contributed by atoms with van der Waals surface area (Å²) in [7, 11) is 3.78. The molecule has 5 heteroatoms. The lowest BCUT2D eigenvalue weighted by atomic mass is 10.1. The number of nitrogens with zero attached hydrogens (tertiary/aromatic N) is 3. The summed E-state index contributed by atoms with van der Waals surface area (Å²) in [5.41, 5.74) is 1.29. The summed E-state index contributed by atoms with van der Waals surface area (Å²) in [6.07, 6.45) is 11.2. The maximum Gasteiger partial charge on any atom is 0.191 e. The van der Waals surface area contributed by atoms with E-state index in [2.05, 4.69) is 40.8 Å². The van der Waals surface area contributed by atoms with Gasteiger partial charge >= 0.3 is 0 Å². The smallest absolute Gasteiger partial charge is 0.191 e. The second-order valence-corrected chi connectivity index (χ2v) is 5.67. The molecule has 120 valence electrons. The van der Waals surface area contributed by atoms with E-state index >= 15 is 0 Å². The molecule has 1 rings (SSSR count). The average molecular weight is 293 g/mol. The monoisotopic (exact) mass is 293 g/mol. The first-order valence-electron chi connectivity index (χ1n) is 8.10. The Kier molecular flexibility index (Phi) is 8.55. The van der Waals surface area contributed by atoms with E-state index in [1.54, 1.807) is 0 Å². The van der Waals surface area contributed by atoms with Gasteiger partial charge in [-0.05, 0) is 31.7 Å². The fraction of sp³-hybridized carbons (Fsp3) is 0.750. The van der Waals surface area contributed by atoms with E-state index in [9.17, 15) is 0 Å². The van der Waals surface area contributed by atoms with Gasteiger partial charge in [0, 0.05) is 32.9 Å². The molecule has 0 radical (unpaired) electrons. The van der Waals surface area contributed by atoms with Gasteiger partial charge < -0.3 is 10.6 Å². The van der Waals surface area contributed by atoms with Crippen LogP contribution >= 0.6 is 0 Å². The first-order chi connectivity index (χ1) is 10.2. The number of rotatable bonds is 9. The number of guanidine groups is 1. The molecule has 0 spiro atoms. The lowest BCUT2D eigenvalue weighted by molar-refractivity contribution is 0.546. The van der Waals surface area contributed by atoms with Crippen LogP contribution in [0.3, 0.4) is 0 Å². The van der Waals surface area contributed by atoms with E-state index in [4.69, 9.17) is 0 Å². The van der Waals surface area contributed by atoms with Crippen molar-refractivity contribution < 1.29 is 0 Å². The van der Waals surface area contributed by atoms with Crippen molar-refractivity contribution in [1.29, 1.82) is 0 Å². The molecular weight excluding hydrogens is 262 g/mol. The zero-order valence-corrected chi connectivity index (χ0v) is 14.0. The predicted octanol–water partition coefficient (Wildman–Crippen LogP) is 2.49. The molecule has 0 bridgehead atoms. The van der Waals surface area contributed by atoms with Gasteiger partial charge in [0.1, 0.15) is 0 Å². The molecule has 0 saturated heterocycles. The largest absolute Gasteiger partial charge is 0.356 e. The Balaban J connectivity index is 2.16. The van der Waals surface area contributed by atoms with Crippen molar-refractivity contribution in [1.82, 2.24) is 20.4 Å². The molecule has 1 heterocycles. The first kappa shape index (κ1) is 17.5. The fourth-order valence-electron chi connectivity index (χ4n) is 2.30. The number of hydrogen-bond acceptors (Lipinski definition) is 2. The first-order valence-corrected chi connectivity index (χ1v) is 8.10. The summed E-state index contributed by atoms with van der Waals surface area (Å²) in [6, 6.07) is 0.473. The molecule has 0 saturated carbocycles. The molecule has 21 heavy (non-hydrogen) atoms. The Labute approximate surface area is 129 Å². The van der Waals surface area contributed by atoms with Gasteiger partial charge in [0.25, 0.3) is 0 Å². The number of aliphatic imine (C=N–C) groups is 1. The van der Waals surface area contributed by atoms with Crippen molar-refractivity contribution in [2.45, 2.75) is 58.4 Å². The van der Waals surface area contributed by atoms with Gasteiger partial charge in [-0.15, -0.1) is 0 Å². The second kappa shape index (κ2) is 10.2. The topological polar surface area (TPSA) is 54.2 Å². The molecule has 0 amide bonds. The second-order valence-electron chi connectivity index (χ2n) is 5.67. The van der Waals surface area contributed by atoms with Crippen LogP contribution in [-0.2, 0) is 13.5 Å². The summed E-state index contributed by atoms with van der Waals surface area (Å²) < 4.78 is 1.85. The molecule has 1 aromatic rings. The van der Waals surface area contributed by atoms with Crippen LogP contribution in [0.2, 0.25) is 0 Å². The third kappa shape index (κ3) is 7.73. The van der Waals surface area contributed by atoms with Crippen LogP contribution in [-0.4, -0.2) is 35.4 Å². The Morgan fingerprint density at radius 3 is 2.81 bits per heavy atom. The number of aromatic nitrogens is 2.